The highest BCUT2D eigenvalue weighted by atomic mass is 79.9. The van der Waals surface area contributed by atoms with E-state index in [0.717, 1.165) is 34.4 Å². The summed E-state index contributed by atoms with van der Waals surface area (Å²) in [6, 6.07) is 14.6. The van der Waals surface area contributed by atoms with Crippen molar-refractivity contribution in [3.8, 4) is 0 Å². The number of benzene rings is 2. The predicted octanol–water partition coefficient (Wildman–Crippen LogP) is 4.56. The molecule has 2 nitrogen and oxygen atoms in total. The van der Waals surface area contributed by atoms with E-state index in [1.807, 2.05) is 18.2 Å². The molecule has 4 heteroatoms. The molecule has 21 heavy (non-hydrogen) atoms. The van der Waals surface area contributed by atoms with Gasteiger partial charge in [0, 0.05) is 28.3 Å². The lowest BCUT2D eigenvalue weighted by atomic mass is 9.97. The van der Waals surface area contributed by atoms with Crippen molar-refractivity contribution in [2.45, 2.75) is 18.9 Å². The molecule has 1 heterocycles. The summed E-state index contributed by atoms with van der Waals surface area (Å²) >= 11 is 9.81. The summed E-state index contributed by atoms with van der Waals surface area (Å²) < 4.78 is 1.06. The third kappa shape index (κ3) is 2.96. The minimum atomic E-state index is 0.138. The second kappa shape index (κ2) is 6.39. The first kappa shape index (κ1) is 14.9. The number of hydrogen-bond acceptors (Lipinski definition) is 2. The summed E-state index contributed by atoms with van der Waals surface area (Å²) in [6.45, 7) is 1.59. The van der Waals surface area contributed by atoms with Gasteiger partial charge < -0.3 is 10.6 Å². The lowest BCUT2D eigenvalue weighted by Crippen LogP contribution is -2.37. The average molecular weight is 366 g/mol. The minimum Gasteiger partial charge on any atom is -0.363 e. The van der Waals surface area contributed by atoms with E-state index in [1.165, 1.54) is 11.3 Å². The second-order valence-electron chi connectivity index (χ2n) is 5.34. The van der Waals surface area contributed by atoms with Crippen molar-refractivity contribution < 1.29 is 0 Å². The zero-order valence-electron chi connectivity index (χ0n) is 11.7. The van der Waals surface area contributed by atoms with Gasteiger partial charge in [-0.3, -0.25) is 0 Å². The van der Waals surface area contributed by atoms with Crippen molar-refractivity contribution in [2.24, 2.45) is 5.73 Å². The molecule has 2 aromatic rings. The van der Waals surface area contributed by atoms with Crippen LogP contribution >= 0.6 is 27.5 Å². The number of nitrogens with zero attached hydrogens (tertiary/aromatic N) is 1. The molecule has 0 aromatic heterocycles. The van der Waals surface area contributed by atoms with Crippen molar-refractivity contribution in [3.63, 3.8) is 0 Å². The number of halogens is 2. The molecule has 0 fully saturated rings. The third-order valence-electron chi connectivity index (χ3n) is 4.06. The van der Waals surface area contributed by atoms with E-state index in [9.17, 15) is 0 Å². The lowest BCUT2D eigenvalue weighted by molar-refractivity contribution is 0.586. The fourth-order valence-corrected chi connectivity index (χ4v) is 3.77. The smallest absolute Gasteiger partial charge is 0.0676 e. The molecule has 0 amide bonds. The normalized spacial score (nSPS) is 15.7. The number of para-hydroxylation sites is 1. The first-order valence-corrected chi connectivity index (χ1v) is 8.37. The Kier molecular flexibility index (Phi) is 4.53. The monoisotopic (exact) mass is 364 g/mol. The third-order valence-corrected chi connectivity index (χ3v) is 5.02. The van der Waals surface area contributed by atoms with Crippen molar-refractivity contribution in [2.75, 3.05) is 18.0 Å². The molecule has 2 N–H and O–H groups in total. The van der Waals surface area contributed by atoms with Crippen molar-refractivity contribution in [1.82, 2.24) is 0 Å². The molecule has 1 aliphatic heterocycles. The Hall–Kier alpha value is -1.03. The summed E-state index contributed by atoms with van der Waals surface area (Å²) in [5.74, 6) is 0. The maximum Gasteiger partial charge on any atom is 0.0676 e. The zero-order chi connectivity index (χ0) is 14.8. The molecule has 1 aliphatic rings. The van der Waals surface area contributed by atoms with E-state index in [2.05, 4.69) is 45.1 Å². The van der Waals surface area contributed by atoms with Crippen molar-refractivity contribution in [1.29, 1.82) is 0 Å². The van der Waals surface area contributed by atoms with Gasteiger partial charge in [-0.05, 0) is 48.2 Å². The molecule has 0 aliphatic carbocycles. The highest BCUT2D eigenvalue weighted by molar-refractivity contribution is 9.10. The van der Waals surface area contributed by atoms with Gasteiger partial charge in [0.1, 0.15) is 0 Å². The van der Waals surface area contributed by atoms with Crippen molar-refractivity contribution >= 4 is 33.2 Å². The molecule has 110 valence electrons. The Morgan fingerprint density at radius 3 is 2.86 bits per heavy atom. The lowest BCUT2D eigenvalue weighted by Gasteiger charge is -2.38. The number of nitrogens with two attached hydrogens (primary N) is 1. The maximum absolute atomic E-state index is 6.18. The van der Waals surface area contributed by atoms with Crippen LogP contribution in [-0.2, 0) is 6.42 Å². The van der Waals surface area contributed by atoms with E-state index < -0.39 is 0 Å². The van der Waals surface area contributed by atoms with E-state index in [0.29, 0.717) is 6.54 Å². The van der Waals surface area contributed by atoms with Gasteiger partial charge in [-0.2, -0.15) is 0 Å². The predicted molar refractivity (Wildman–Crippen MR) is 93.1 cm³/mol. The van der Waals surface area contributed by atoms with Gasteiger partial charge in [-0.25, -0.2) is 0 Å². The largest absolute Gasteiger partial charge is 0.363 e. The fourth-order valence-electron chi connectivity index (χ4n) is 3.08. The summed E-state index contributed by atoms with van der Waals surface area (Å²) in [7, 11) is 0. The Balaban J connectivity index is 2.03. The van der Waals surface area contributed by atoms with E-state index in [4.69, 9.17) is 17.3 Å². The van der Waals surface area contributed by atoms with Crippen LogP contribution in [0.4, 0.5) is 5.69 Å². The van der Waals surface area contributed by atoms with Crippen LogP contribution in [0, 0.1) is 0 Å². The molecular weight excluding hydrogens is 348 g/mol. The number of hydrogen-bond donors (Lipinski definition) is 1. The zero-order valence-corrected chi connectivity index (χ0v) is 14.1. The Morgan fingerprint density at radius 1 is 1.24 bits per heavy atom. The van der Waals surface area contributed by atoms with Crippen LogP contribution in [-0.4, -0.2) is 13.1 Å². The molecule has 3 rings (SSSR count). The van der Waals surface area contributed by atoms with Gasteiger partial charge in [-0.15, -0.1) is 0 Å². The molecule has 0 bridgehead atoms. The number of fused-ring (bicyclic) bond motifs is 1. The molecule has 0 saturated heterocycles. The summed E-state index contributed by atoms with van der Waals surface area (Å²) in [6.07, 6.45) is 2.30. The highest BCUT2D eigenvalue weighted by Gasteiger charge is 2.25. The summed E-state index contributed by atoms with van der Waals surface area (Å²) in [5, 5.41) is 0.747. The molecule has 0 spiro atoms. The Labute approximate surface area is 139 Å². The van der Waals surface area contributed by atoms with Crippen LogP contribution in [0.5, 0.6) is 0 Å². The van der Waals surface area contributed by atoms with E-state index in [-0.39, 0.29) is 6.04 Å². The highest BCUT2D eigenvalue weighted by Crippen LogP contribution is 2.36. The van der Waals surface area contributed by atoms with Crippen LogP contribution in [0.15, 0.2) is 46.9 Å². The topological polar surface area (TPSA) is 29.3 Å². The fraction of sp³-hybridized carbons (Fsp3) is 0.294. The standard InChI is InChI=1S/C17H18BrClN2/c18-15-8-7-13(19)10-14(15)17(11-20)21-9-3-5-12-4-1-2-6-16(12)21/h1-2,4,6-8,10,17H,3,5,9,11,20H2. The Bertz CT molecular complexity index is 644. The molecule has 0 radical (unpaired) electrons. The van der Waals surface area contributed by atoms with Gasteiger partial charge in [0.15, 0.2) is 0 Å². The summed E-state index contributed by atoms with van der Waals surface area (Å²) in [4.78, 5) is 2.41. The van der Waals surface area contributed by atoms with Crippen LogP contribution in [0.25, 0.3) is 0 Å². The maximum atomic E-state index is 6.18. The molecule has 1 unspecified atom stereocenters. The van der Waals surface area contributed by atoms with Crippen LogP contribution < -0.4 is 10.6 Å². The van der Waals surface area contributed by atoms with Crippen LogP contribution in [0.1, 0.15) is 23.6 Å². The molecular formula is C17H18BrClN2. The SMILES string of the molecule is NCC(c1cc(Cl)ccc1Br)N1CCCc2ccccc21. The quantitative estimate of drug-likeness (QED) is 0.864. The molecule has 1 atom stereocenters. The molecule has 2 aromatic carbocycles. The second-order valence-corrected chi connectivity index (χ2v) is 6.63. The van der Waals surface area contributed by atoms with Gasteiger partial charge in [-0.1, -0.05) is 45.7 Å². The minimum absolute atomic E-state index is 0.138. The van der Waals surface area contributed by atoms with Gasteiger partial charge in [0.2, 0.25) is 0 Å². The van der Waals surface area contributed by atoms with Gasteiger partial charge in [0.25, 0.3) is 0 Å². The molecule has 0 saturated carbocycles. The summed E-state index contributed by atoms with van der Waals surface area (Å²) in [5.41, 5.74) is 9.96. The Morgan fingerprint density at radius 2 is 2.05 bits per heavy atom. The first-order chi connectivity index (χ1) is 10.2. The number of rotatable bonds is 3. The average Bonchev–Trinajstić information content (AvgIpc) is 2.51. The number of anilines is 1. The van der Waals surface area contributed by atoms with Gasteiger partial charge in [0.05, 0.1) is 6.04 Å². The van der Waals surface area contributed by atoms with Crippen LogP contribution in [0.3, 0.4) is 0 Å². The van der Waals surface area contributed by atoms with Crippen LogP contribution in [0.2, 0.25) is 5.02 Å². The van der Waals surface area contributed by atoms with Gasteiger partial charge >= 0.3 is 0 Å². The van der Waals surface area contributed by atoms with E-state index in [1.54, 1.807) is 0 Å². The van der Waals surface area contributed by atoms with Crippen molar-refractivity contribution in [3.05, 3.63) is 63.1 Å². The first-order valence-electron chi connectivity index (χ1n) is 7.20. The number of aryl methyl sites for hydroxylation is 1. The van der Waals surface area contributed by atoms with E-state index >= 15 is 0 Å².